The van der Waals surface area contributed by atoms with Crippen LogP contribution in [0.5, 0.6) is 17.2 Å². The van der Waals surface area contributed by atoms with Gasteiger partial charge in [-0.3, -0.25) is 4.79 Å². The lowest BCUT2D eigenvalue weighted by Gasteiger charge is -2.23. The third-order valence-corrected chi connectivity index (χ3v) is 6.37. The van der Waals surface area contributed by atoms with Crippen LogP contribution in [0.2, 0.25) is 0 Å². The highest BCUT2D eigenvalue weighted by atomic mass is 16.5. The topological polar surface area (TPSA) is 35.5 Å². The first-order valence-electron chi connectivity index (χ1n) is 12.2. The monoisotopic (exact) mass is 466 g/mol. The summed E-state index contributed by atoms with van der Waals surface area (Å²) in [5, 5.41) is 2.17. The maximum Gasteiger partial charge on any atom is 0.193 e. The first kappa shape index (κ1) is 24.5. The smallest absolute Gasteiger partial charge is 0.193 e. The summed E-state index contributed by atoms with van der Waals surface area (Å²) in [6.45, 7) is 12.7. The lowest BCUT2D eigenvalue weighted by atomic mass is 9.82. The second-order valence-electron chi connectivity index (χ2n) is 10.7. The minimum Gasteiger partial charge on any atom is -0.488 e. The highest BCUT2D eigenvalue weighted by Crippen LogP contribution is 2.30. The second kappa shape index (κ2) is 9.58. The number of carbonyl (C=O) groups excluding carboxylic acids is 1. The van der Waals surface area contributed by atoms with Crippen LogP contribution in [0.4, 0.5) is 0 Å². The minimum atomic E-state index is -0.236. The van der Waals surface area contributed by atoms with Gasteiger partial charge in [0.25, 0.3) is 0 Å². The van der Waals surface area contributed by atoms with Gasteiger partial charge in [0.1, 0.15) is 22.8 Å². The lowest BCUT2D eigenvalue weighted by Crippen LogP contribution is -2.22. The van der Waals surface area contributed by atoms with Crippen LogP contribution in [0.25, 0.3) is 10.8 Å². The predicted octanol–water partition coefficient (Wildman–Crippen LogP) is 8.73. The highest BCUT2D eigenvalue weighted by molar-refractivity contribution is 6.09. The summed E-state index contributed by atoms with van der Waals surface area (Å²) < 4.78 is 12.0. The molecule has 0 saturated heterocycles. The highest BCUT2D eigenvalue weighted by Gasteiger charge is 2.18. The van der Waals surface area contributed by atoms with Gasteiger partial charge in [0.2, 0.25) is 0 Å². The molecule has 4 rings (SSSR count). The summed E-state index contributed by atoms with van der Waals surface area (Å²) in [4.78, 5) is 13.0. The number of hydrogen-bond donors (Lipinski definition) is 0. The van der Waals surface area contributed by atoms with Gasteiger partial charge in [-0.2, -0.15) is 0 Å². The molecule has 0 bridgehead atoms. The maximum absolute atomic E-state index is 13.0. The van der Waals surface area contributed by atoms with Gasteiger partial charge in [-0.15, -0.1) is 0 Å². The molecule has 0 heterocycles. The van der Waals surface area contributed by atoms with E-state index in [9.17, 15) is 4.79 Å². The van der Waals surface area contributed by atoms with E-state index in [0.717, 1.165) is 28.7 Å². The van der Waals surface area contributed by atoms with Crippen molar-refractivity contribution in [2.24, 2.45) is 0 Å². The van der Waals surface area contributed by atoms with Gasteiger partial charge in [0, 0.05) is 11.1 Å². The standard InChI is InChI=1S/C32H34O3/c1-7-32(5,6)26-14-8-22(9-15-26)30(33)23-10-16-27(17-11-23)34-28-18-12-25-21-29(35-31(2,3)4)19-13-24(25)20-28/h8-21H,7H2,1-6H3. The summed E-state index contributed by atoms with van der Waals surface area (Å²) in [6, 6.07) is 27.3. The van der Waals surface area contributed by atoms with Crippen LogP contribution in [0.1, 0.15) is 69.4 Å². The van der Waals surface area contributed by atoms with E-state index in [2.05, 4.69) is 32.9 Å². The van der Waals surface area contributed by atoms with E-state index in [1.165, 1.54) is 5.56 Å². The molecule has 4 aromatic carbocycles. The van der Waals surface area contributed by atoms with Crippen LogP contribution in [-0.2, 0) is 5.41 Å². The number of ether oxygens (including phenoxy) is 2. The van der Waals surface area contributed by atoms with E-state index in [-0.39, 0.29) is 16.8 Å². The number of benzene rings is 4. The quantitative estimate of drug-likeness (QED) is 0.255. The maximum atomic E-state index is 13.0. The molecule has 0 saturated carbocycles. The second-order valence-corrected chi connectivity index (χ2v) is 10.7. The van der Waals surface area contributed by atoms with Crippen molar-refractivity contribution in [2.45, 2.75) is 59.0 Å². The fourth-order valence-corrected chi connectivity index (χ4v) is 3.94. The molecule has 0 spiro atoms. The molecule has 0 aliphatic heterocycles. The number of fused-ring (bicyclic) bond motifs is 1. The normalized spacial score (nSPS) is 11.9. The van der Waals surface area contributed by atoms with Crippen molar-refractivity contribution >= 4 is 16.6 Å². The Bertz CT molecular complexity index is 1320. The zero-order chi connectivity index (χ0) is 25.2. The Kier molecular flexibility index (Phi) is 6.71. The molecule has 35 heavy (non-hydrogen) atoms. The van der Waals surface area contributed by atoms with Crippen LogP contribution in [-0.4, -0.2) is 11.4 Å². The molecule has 4 aromatic rings. The Morgan fingerprint density at radius 1 is 0.657 bits per heavy atom. The van der Waals surface area contributed by atoms with Gasteiger partial charge in [0.15, 0.2) is 5.78 Å². The molecule has 180 valence electrons. The Labute approximate surface area is 208 Å². The Balaban J connectivity index is 1.46. The molecule has 0 unspecified atom stereocenters. The molecule has 0 N–H and O–H groups in total. The van der Waals surface area contributed by atoms with Crippen molar-refractivity contribution in [1.29, 1.82) is 0 Å². The largest absolute Gasteiger partial charge is 0.488 e. The van der Waals surface area contributed by atoms with Crippen molar-refractivity contribution in [3.8, 4) is 17.2 Å². The van der Waals surface area contributed by atoms with Gasteiger partial charge in [-0.25, -0.2) is 0 Å². The molecular weight excluding hydrogens is 432 g/mol. The third kappa shape index (κ3) is 5.92. The van der Waals surface area contributed by atoms with E-state index < -0.39 is 0 Å². The van der Waals surface area contributed by atoms with Crippen LogP contribution in [0.3, 0.4) is 0 Å². The van der Waals surface area contributed by atoms with Crippen molar-refractivity contribution in [3.05, 3.63) is 102 Å². The van der Waals surface area contributed by atoms with Crippen LogP contribution >= 0.6 is 0 Å². The lowest BCUT2D eigenvalue weighted by molar-refractivity contribution is 0.103. The number of ketones is 1. The SMILES string of the molecule is CCC(C)(C)c1ccc(C(=O)c2ccc(Oc3ccc4cc(OC(C)(C)C)ccc4c3)cc2)cc1. The first-order chi connectivity index (χ1) is 16.5. The minimum absolute atomic E-state index is 0.0105. The van der Waals surface area contributed by atoms with Gasteiger partial charge in [-0.05, 0) is 97.5 Å². The Hall–Kier alpha value is -3.59. The predicted molar refractivity (Wildman–Crippen MR) is 144 cm³/mol. The van der Waals surface area contributed by atoms with Crippen molar-refractivity contribution < 1.29 is 14.3 Å². The first-order valence-corrected chi connectivity index (χ1v) is 12.2. The van der Waals surface area contributed by atoms with E-state index in [0.29, 0.717) is 16.9 Å². The summed E-state index contributed by atoms with van der Waals surface area (Å²) in [6.07, 6.45) is 1.05. The summed E-state index contributed by atoms with van der Waals surface area (Å²) in [5.41, 5.74) is 2.45. The summed E-state index contributed by atoms with van der Waals surface area (Å²) in [5.74, 6) is 2.29. The number of carbonyl (C=O) groups is 1. The fourth-order valence-electron chi connectivity index (χ4n) is 3.94. The Morgan fingerprint density at radius 2 is 1.14 bits per heavy atom. The molecule has 0 aliphatic rings. The van der Waals surface area contributed by atoms with Crippen LogP contribution < -0.4 is 9.47 Å². The summed E-state index contributed by atoms with van der Waals surface area (Å²) in [7, 11) is 0. The third-order valence-electron chi connectivity index (χ3n) is 6.37. The van der Waals surface area contributed by atoms with E-state index in [1.54, 1.807) is 0 Å². The average Bonchev–Trinajstić information content (AvgIpc) is 2.83. The van der Waals surface area contributed by atoms with Crippen molar-refractivity contribution in [2.75, 3.05) is 0 Å². The molecular formula is C32H34O3. The summed E-state index contributed by atoms with van der Waals surface area (Å²) >= 11 is 0. The van der Waals surface area contributed by atoms with E-state index in [4.69, 9.17) is 9.47 Å². The van der Waals surface area contributed by atoms with Crippen LogP contribution in [0, 0.1) is 0 Å². The molecule has 0 fully saturated rings. The van der Waals surface area contributed by atoms with E-state index in [1.807, 2.05) is 93.6 Å². The van der Waals surface area contributed by atoms with Crippen LogP contribution in [0.15, 0.2) is 84.9 Å². The molecule has 0 atom stereocenters. The van der Waals surface area contributed by atoms with E-state index >= 15 is 0 Å². The fraction of sp³-hybridized carbons (Fsp3) is 0.281. The zero-order valence-electron chi connectivity index (χ0n) is 21.5. The van der Waals surface area contributed by atoms with Gasteiger partial charge in [0.05, 0.1) is 0 Å². The molecule has 3 nitrogen and oxygen atoms in total. The van der Waals surface area contributed by atoms with Gasteiger partial charge in [-0.1, -0.05) is 57.2 Å². The average molecular weight is 467 g/mol. The molecule has 0 amide bonds. The molecule has 0 aliphatic carbocycles. The molecule has 0 aromatic heterocycles. The van der Waals surface area contributed by atoms with Crippen molar-refractivity contribution in [3.63, 3.8) is 0 Å². The number of rotatable bonds is 7. The van der Waals surface area contributed by atoms with Crippen molar-refractivity contribution in [1.82, 2.24) is 0 Å². The van der Waals surface area contributed by atoms with Gasteiger partial charge >= 0.3 is 0 Å². The number of hydrogen-bond acceptors (Lipinski definition) is 3. The van der Waals surface area contributed by atoms with Gasteiger partial charge < -0.3 is 9.47 Å². The zero-order valence-corrected chi connectivity index (χ0v) is 21.5. The molecule has 0 radical (unpaired) electrons. The molecule has 3 heteroatoms. The Morgan fingerprint density at radius 3 is 1.69 bits per heavy atom.